The summed E-state index contributed by atoms with van der Waals surface area (Å²) in [5.74, 6) is -1.29. The summed E-state index contributed by atoms with van der Waals surface area (Å²) in [7, 11) is -6.82. The number of rotatable bonds is 6. The van der Waals surface area contributed by atoms with E-state index in [9.17, 15) is 25.6 Å². The molecule has 0 spiro atoms. The number of halogens is 2. The maximum Gasteiger partial charge on any atom is 0.265 e. The van der Waals surface area contributed by atoms with Crippen LogP contribution in [0.1, 0.15) is 12.0 Å². The lowest BCUT2D eigenvalue weighted by atomic mass is 10.0. The minimum absolute atomic E-state index is 0.0153. The molecule has 33 heavy (non-hydrogen) atoms. The number of benzene rings is 3. The fourth-order valence-electron chi connectivity index (χ4n) is 3.68. The number of hydrogen-bond donors (Lipinski definition) is 1. The van der Waals surface area contributed by atoms with Gasteiger partial charge in [0.05, 0.1) is 17.7 Å². The van der Waals surface area contributed by atoms with Gasteiger partial charge in [0.1, 0.15) is 22.3 Å². The van der Waals surface area contributed by atoms with Crippen LogP contribution in [0.3, 0.4) is 0 Å². The molecule has 3 aromatic carbocycles. The van der Waals surface area contributed by atoms with Gasteiger partial charge in [-0.25, -0.2) is 25.6 Å². The van der Waals surface area contributed by atoms with E-state index in [-0.39, 0.29) is 27.8 Å². The average Bonchev–Trinajstić information content (AvgIpc) is 2.78. The van der Waals surface area contributed by atoms with E-state index in [4.69, 9.17) is 4.74 Å². The third-order valence-electron chi connectivity index (χ3n) is 5.22. The van der Waals surface area contributed by atoms with Crippen LogP contribution in [0.15, 0.2) is 70.5 Å². The van der Waals surface area contributed by atoms with Crippen LogP contribution in [0.2, 0.25) is 0 Å². The van der Waals surface area contributed by atoms with Crippen LogP contribution in [0, 0.1) is 11.6 Å². The monoisotopic (exact) mass is 494 g/mol. The zero-order valence-electron chi connectivity index (χ0n) is 17.5. The smallest absolute Gasteiger partial charge is 0.265 e. The predicted octanol–water partition coefficient (Wildman–Crippen LogP) is 3.92. The van der Waals surface area contributed by atoms with Gasteiger partial charge in [0.25, 0.3) is 20.0 Å². The van der Waals surface area contributed by atoms with E-state index in [1.165, 1.54) is 41.7 Å². The Morgan fingerprint density at radius 1 is 0.909 bits per heavy atom. The molecular weight excluding hydrogens is 474 g/mol. The third-order valence-corrected chi connectivity index (χ3v) is 8.45. The van der Waals surface area contributed by atoms with Crippen molar-refractivity contribution < 1.29 is 30.4 Å². The molecule has 4 rings (SSSR count). The Kier molecular flexibility index (Phi) is 6.02. The molecule has 0 saturated heterocycles. The minimum atomic E-state index is -4.18. The lowest BCUT2D eigenvalue weighted by molar-refractivity contribution is 0.401. The number of fused-ring (bicyclic) bond motifs is 1. The first-order valence-electron chi connectivity index (χ1n) is 9.89. The molecule has 0 fully saturated rings. The summed E-state index contributed by atoms with van der Waals surface area (Å²) in [4.78, 5) is -0.400. The number of hydrogen-bond acceptors (Lipinski definition) is 5. The van der Waals surface area contributed by atoms with Crippen LogP contribution >= 0.6 is 0 Å². The van der Waals surface area contributed by atoms with Gasteiger partial charge < -0.3 is 4.74 Å². The van der Waals surface area contributed by atoms with Gasteiger partial charge >= 0.3 is 0 Å². The number of sulfonamides is 2. The van der Waals surface area contributed by atoms with Crippen molar-refractivity contribution >= 4 is 31.4 Å². The number of nitrogens with zero attached hydrogens (tertiary/aromatic N) is 1. The summed E-state index contributed by atoms with van der Waals surface area (Å²) in [6.45, 7) is 0.234. The second kappa shape index (κ2) is 8.64. The first kappa shape index (κ1) is 23.0. The van der Waals surface area contributed by atoms with Gasteiger partial charge in [0.15, 0.2) is 0 Å². The molecule has 0 radical (unpaired) electrons. The maximum atomic E-state index is 13.7. The van der Waals surface area contributed by atoms with Crippen molar-refractivity contribution in [1.82, 2.24) is 0 Å². The van der Waals surface area contributed by atoms with Gasteiger partial charge in [-0.05, 0) is 79.1 Å². The fourth-order valence-corrected chi connectivity index (χ4v) is 6.45. The highest BCUT2D eigenvalue weighted by Gasteiger charge is 2.30. The van der Waals surface area contributed by atoms with E-state index in [1.54, 1.807) is 6.07 Å². The van der Waals surface area contributed by atoms with Crippen molar-refractivity contribution in [2.45, 2.75) is 22.6 Å². The highest BCUT2D eigenvalue weighted by atomic mass is 32.2. The molecule has 1 N–H and O–H groups in total. The second-order valence-electron chi connectivity index (χ2n) is 7.38. The van der Waals surface area contributed by atoms with Crippen LogP contribution in [-0.2, 0) is 26.5 Å². The summed E-state index contributed by atoms with van der Waals surface area (Å²) in [5, 5.41) is 0. The largest absolute Gasteiger partial charge is 0.495 e. The number of anilines is 2. The van der Waals surface area contributed by atoms with Gasteiger partial charge in [-0.15, -0.1) is 0 Å². The summed E-state index contributed by atoms with van der Waals surface area (Å²) in [6, 6.07) is 12.2. The molecule has 0 unspecified atom stereocenters. The van der Waals surface area contributed by atoms with Crippen LogP contribution in [0.25, 0.3) is 0 Å². The van der Waals surface area contributed by atoms with Crippen LogP contribution < -0.4 is 13.8 Å². The van der Waals surface area contributed by atoms with Crippen LogP contribution in [0.4, 0.5) is 20.2 Å². The summed E-state index contributed by atoms with van der Waals surface area (Å²) < 4.78 is 87.5. The zero-order valence-corrected chi connectivity index (χ0v) is 19.1. The molecule has 1 aliphatic heterocycles. The molecule has 11 heteroatoms. The Hall–Kier alpha value is -3.18. The van der Waals surface area contributed by atoms with Gasteiger partial charge in [-0.2, -0.15) is 0 Å². The van der Waals surface area contributed by atoms with Gasteiger partial charge in [-0.3, -0.25) is 9.03 Å². The van der Waals surface area contributed by atoms with Crippen molar-refractivity contribution in [3.8, 4) is 5.75 Å². The molecule has 0 aliphatic carbocycles. The Balaban J connectivity index is 1.67. The first-order valence-corrected chi connectivity index (χ1v) is 12.8. The number of ether oxygens (including phenoxy) is 1. The summed E-state index contributed by atoms with van der Waals surface area (Å²) in [6.07, 6.45) is 1.05. The fraction of sp³-hybridized carbons (Fsp3) is 0.182. The molecule has 3 aromatic rings. The average molecular weight is 495 g/mol. The Morgan fingerprint density at radius 2 is 1.61 bits per heavy atom. The van der Waals surface area contributed by atoms with E-state index in [0.717, 1.165) is 24.3 Å². The molecule has 0 atom stereocenters. The van der Waals surface area contributed by atoms with Crippen molar-refractivity contribution in [2.24, 2.45) is 0 Å². The molecule has 1 heterocycles. The van der Waals surface area contributed by atoms with E-state index in [0.29, 0.717) is 24.1 Å². The van der Waals surface area contributed by atoms with E-state index < -0.39 is 31.7 Å². The standard InChI is InChI=1S/C22H20F2N2O5S2/c1-31-21-11-6-17(24)14-22(21)32(27,28)25-18-7-10-20-15(13-18)3-2-12-26(20)33(29,30)19-8-4-16(23)5-9-19/h4-11,13-14,25H,2-3,12H2,1H3. The lowest BCUT2D eigenvalue weighted by Crippen LogP contribution is -2.35. The molecule has 0 amide bonds. The molecule has 1 aliphatic rings. The first-order chi connectivity index (χ1) is 15.6. The topological polar surface area (TPSA) is 92.8 Å². The maximum absolute atomic E-state index is 13.7. The molecule has 0 aromatic heterocycles. The zero-order chi connectivity index (χ0) is 23.8. The normalized spacial score (nSPS) is 14.0. The van der Waals surface area contributed by atoms with Gasteiger partial charge in [0, 0.05) is 12.2 Å². The second-order valence-corrected chi connectivity index (χ2v) is 10.9. The quantitative estimate of drug-likeness (QED) is 0.561. The van der Waals surface area contributed by atoms with Crippen molar-refractivity contribution in [3.05, 3.63) is 77.9 Å². The molecule has 7 nitrogen and oxygen atoms in total. The SMILES string of the molecule is COc1ccc(F)cc1S(=O)(=O)Nc1ccc2c(c1)CCCN2S(=O)(=O)c1ccc(F)cc1. The highest BCUT2D eigenvalue weighted by Crippen LogP contribution is 2.35. The third kappa shape index (κ3) is 4.51. The van der Waals surface area contributed by atoms with Gasteiger partial charge in [0.2, 0.25) is 0 Å². The molecule has 0 saturated carbocycles. The molecule has 174 valence electrons. The summed E-state index contributed by atoms with van der Waals surface area (Å²) in [5.41, 5.74) is 1.23. The lowest BCUT2D eigenvalue weighted by Gasteiger charge is -2.31. The number of aryl methyl sites for hydroxylation is 1. The Bertz CT molecular complexity index is 1410. The van der Waals surface area contributed by atoms with E-state index in [2.05, 4.69) is 4.72 Å². The van der Waals surface area contributed by atoms with E-state index in [1.807, 2.05) is 0 Å². The summed E-state index contributed by atoms with van der Waals surface area (Å²) >= 11 is 0. The van der Waals surface area contributed by atoms with Crippen molar-refractivity contribution in [1.29, 1.82) is 0 Å². The number of nitrogens with one attached hydrogen (secondary N) is 1. The Labute approximate surface area is 190 Å². The van der Waals surface area contributed by atoms with Gasteiger partial charge in [-0.1, -0.05) is 0 Å². The molecular formula is C22H20F2N2O5S2. The van der Waals surface area contributed by atoms with Crippen molar-refractivity contribution in [2.75, 3.05) is 22.7 Å². The Morgan fingerprint density at radius 3 is 2.30 bits per heavy atom. The predicted molar refractivity (Wildman–Crippen MR) is 119 cm³/mol. The van der Waals surface area contributed by atoms with E-state index >= 15 is 0 Å². The number of methoxy groups -OCH3 is 1. The van der Waals surface area contributed by atoms with Crippen LogP contribution in [-0.4, -0.2) is 30.5 Å². The van der Waals surface area contributed by atoms with Crippen LogP contribution in [0.5, 0.6) is 5.75 Å². The minimum Gasteiger partial charge on any atom is -0.495 e. The highest BCUT2D eigenvalue weighted by molar-refractivity contribution is 7.93. The van der Waals surface area contributed by atoms with Crippen molar-refractivity contribution in [3.63, 3.8) is 0 Å². The molecule has 0 bridgehead atoms.